The van der Waals surface area contributed by atoms with E-state index in [9.17, 15) is 0 Å². The molecule has 3 atom stereocenters. The topological polar surface area (TPSA) is 0 Å². The van der Waals surface area contributed by atoms with Gasteiger partial charge in [0.1, 0.15) is 0 Å². The largest absolute Gasteiger partial charge is 0.126 e. The molecular formula is C12H26P2. The van der Waals surface area contributed by atoms with Crippen LogP contribution in [0.3, 0.4) is 0 Å². The minimum absolute atomic E-state index is 0.587. The van der Waals surface area contributed by atoms with Gasteiger partial charge in [-0.1, -0.05) is 33.6 Å². The van der Waals surface area contributed by atoms with E-state index in [1.807, 2.05) is 0 Å². The predicted octanol–water partition coefficient (Wildman–Crippen LogP) is 4.64. The van der Waals surface area contributed by atoms with Gasteiger partial charge in [0.15, 0.2) is 0 Å². The first-order valence-corrected chi connectivity index (χ1v) is 7.96. The van der Waals surface area contributed by atoms with E-state index in [-0.39, 0.29) is 0 Å². The van der Waals surface area contributed by atoms with Crippen LogP contribution >= 0.6 is 17.8 Å². The van der Waals surface area contributed by atoms with Crippen LogP contribution in [0.5, 0.6) is 0 Å². The summed E-state index contributed by atoms with van der Waals surface area (Å²) in [5.74, 6) is 0. The lowest BCUT2D eigenvalue weighted by molar-refractivity contribution is 0.163. The number of hydrogen-bond donors (Lipinski definition) is 0. The molecule has 3 unspecified atom stereocenters. The van der Waals surface area contributed by atoms with E-state index in [0.29, 0.717) is 10.3 Å². The van der Waals surface area contributed by atoms with E-state index in [1.54, 1.807) is 0 Å². The zero-order chi connectivity index (χ0) is 10.7. The van der Waals surface area contributed by atoms with Crippen molar-refractivity contribution in [2.24, 2.45) is 5.41 Å². The molecule has 1 rings (SSSR count). The Morgan fingerprint density at radius 1 is 1.07 bits per heavy atom. The van der Waals surface area contributed by atoms with Crippen molar-refractivity contribution in [3.63, 3.8) is 0 Å². The Kier molecular flexibility index (Phi) is 4.86. The van der Waals surface area contributed by atoms with Gasteiger partial charge < -0.3 is 0 Å². The molecule has 0 aromatic rings. The molecule has 0 bridgehead atoms. The van der Waals surface area contributed by atoms with Crippen LogP contribution in [0.2, 0.25) is 0 Å². The molecule has 2 heteroatoms. The van der Waals surface area contributed by atoms with Crippen molar-refractivity contribution in [1.82, 2.24) is 0 Å². The van der Waals surface area contributed by atoms with Gasteiger partial charge in [-0.2, -0.15) is 0 Å². The minimum Gasteiger partial charge on any atom is -0.126 e. The zero-order valence-electron chi connectivity index (χ0n) is 10.0. The molecule has 0 aromatic carbocycles. The summed E-state index contributed by atoms with van der Waals surface area (Å²) in [6.07, 6.45) is 9.96. The lowest BCUT2D eigenvalue weighted by Gasteiger charge is -2.52. The molecule has 0 spiro atoms. The smallest absolute Gasteiger partial charge is 0.00768 e. The molecule has 0 saturated heterocycles. The van der Waals surface area contributed by atoms with Crippen molar-refractivity contribution in [3.8, 4) is 0 Å². The summed E-state index contributed by atoms with van der Waals surface area (Å²) in [7, 11) is 4.40. The summed E-state index contributed by atoms with van der Waals surface area (Å²) in [6.45, 7) is 7.14. The fourth-order valence-corrected chi connectivity index (χ4v) is 6.39. The highest BCUT2D eigenvalue weighted by Crippen LogP contribution is 2.62. The Morgan fingerprint density at radius 2 is 1.64 bits per heavy atom. The summed E-state index contributed by atoms with van der Waals surface area (Å²) in [5, 5.41) is 0. The maximum Gasteiger partial charge on any atom is 0.00768 e. The van der Waals surface area contributed by atoms with Gasteiger partial charge in [-0.05, 0) is 37.3 Å². The van der Waals surface area contributed by atoms with Crippen molar-refractivity contribution in [2.45, 2.75) is 64.2 Å². The Labute approximate surface area is 94.0 Å². The van der Waals surface area contributed by atoms with Gasteiger partial charge in [-0.25, -0.2) is 0 Å². The molecule has 1 fully saturated rings. The molecule has 0 aromatic heterocycles. The Balaban J connectivity index is 2.85. The molecule has 0 nitrogen and oxygen atoms in total. The lowest BCUT2D eigenvalue weighted by Crippen LogP contribution is -2.42. The van der Waals surface area contributed by atoms with Crippen LogP contribution in [0.1, 0.15) is 59.3 Å². The highest BCUT2D eigenvalue weighted by molar-refractivity contribution is 7.52. The molecule has 1 aliphatic carbocycles. The Bertz CT molecular complexity index is 171. The maximum atomic E-state index is 3.26. The SMILES string of the molecule is CCPC1(P)CCCCC1(CC)CC. The second-order valence-electron chi connectivity index (χ2n) is 4.70. The lowest BCUT2D eigenvalue weighted by atomic mass is 9.69. The van der Waals surface area contributed by atoms with Crippen LogP contribution < -0.4 is 0 Å². The normalized spacial score (nSPS) is 32.6. The summed E-state index contributed by atoms with van der Waals surface area (Å²) >= 11 is 0. The highest BCUT2D eigenvalue weighted by atomic mass is 31.1. The van der Waals surface area contributed by atoms with Gasteiger partial charge in [0.05, 0.1) is 0 Å². The molecule has 0 heterocycles. The van der Waals surface area contributed by atoms with Gasteiger partial charge in [0, 0.05) is 4.90 Å². The van der Waals surface area contributed by atoms with E-state index < -0.39 is 0 Å². The summed E-state index contributed by atoms with van der Waals surface area (Å²) in [5.41, 5.74) is 0.643. The van der Waals surface area contributed by atoms with E-state index in [4.69, 9.17) is 0 Å². The molecular weight excluding hydrogens is 206 g/mol. The van der Waals surface area contributed by atoms with Gasteiger partial charge in [0.25, 0.3) is 0 Å². The first-order chi connectivity index (χ1) is 6.64. The van der Waals surface area contributed by atoms with Crippen LogP contribution in [-0.2, 0) is 0 Å². The highest BCUT2D eigenvalue weighted by Gasteiger charge is 2.46. The van der Waals surface area contributed by atoms with Gasteiger partial charge in [-0.3, -0.25) is 0 Å². The predicted molar refractivity (Wildman–Crippen MR) is 72.8 cm³/mol. The van der Waals surface area contributed by atoms with Crippen molar-refractivity contribution >= 4 is 17.8 Å². The van der Waals surface area contributed by atoms with E-state index >= 15 is 0 Å². The summed E-state index contributed by atoms with van der Waals surface area (Å²) in [4.78, 5) is 0.587. The average Bonchev–Trinajstić information content (AvgIpc) is 2.19. The van der Waals surface area contributed by atoms with E-state index in [1.165, 1.54) is 44.7 Å². The van der Waals surface area contributed by atoms with E-state index in [0.717, 1.165) is 8.58 Å². The van der Waals surface area contributed by atoms with Crippen LogP contribution in [0.25, 0.3) is 0 Å². The third-order valence-corrected chi connectivity index (χ3v) is 7.55. The molecule has 0 amide bonds. The second kappa shape index (κ2) is 5.27. The molecule has 1 aliphatic rings. The van der Waals surface area contributed by atoms with Gasteiger partial charge in [-0.15, -0.1) is 17.8 Å². The second-order valence-corrected chi connectivity index (χ2v) is 8.21. The third kappa shape index (κ3) is 2.17. The summed E-state index contributed by atoms with van der Waals surface area (Å²) < 4.78 is 0. The molecule has 14 heavy (non-hydrogen) atoms. The standard InChI is InChI=1S/C12H26P2/c1-4-11(5-2)9-7-8-10-12(11,13)14-6-3/h14H,4-10,13H2,1-3H3. The Morgan fingerprint density at radius 3 is 2.14 bits per heavy atom. The minimum atomic E-state index is 0.587. The fraction of sp³-hybridized carbons (Fsp3) is 1.00. The first-order valence-electron chi connectivity index (χ1n) is 6.18. The molecule has 84 valence electrons. The van der Waals surface area contributed by atoms with E-state index in [2.05, 4.69) is 30.0 Å². The first kappa shape index (κ1) is 12.9. The summed E-state index contributed by atoms with van der Waals surface area (Å²) in [6, 6.07) is 0. The molecule has 0 N–H and O–H groups in total. The van der Waals surface area contributed by atoms with Gasteiger partial charge in [0.2, 0.25) is 0 Å². The average molecular weight is 232 g/mol. The number of rotatable bonds is 4. The third-order valence-electron chi connectivity index (χ3n) is 4.27. The van der Waals surface area contributed by atoms with Crippen molar-refractivity contribution in [1.29, 1.82) is 0 Å². The molecule has 0 radical (unpaired) electrons. The van der Waals surface area contributed by atoms with Gasteiger partial charge >= 0.3 is 0 Å². The van der Waals surface area contributed by atoms with Crippen LogP contribution in [-0.4, -0.2) is 11.1 Å². The fourth-order valence-electron chi connectivity index (χ4n) is 3.18. The maximum absolute atomic E-state index is 3.26. The molecule has 0 aliphatic heterocycles. The van der Waals surface area contributed by atoms with Crippen LogP contribution in [0.15, 0.2) is 0 Å². The van der Waals surface area contributed by atoms with Crippen molar-refractivity contribution in [2.75, 3.05) is 6.16 Å². The quantitative estimate of drug-likeness (QED) is 0.619. The van der Waals surface area contributed by atoms with Crippen LogP contribution in [0, 0.1) is 5.41 Å². The molecule has 1 saturated carbocycles. The number of hydrogen-bond acceptors (Lipinski definition) is 0. The Hall–Kier alpha value is 0.860. The zero-order valence-corrected chi connectivity index (χ0v) is 12.2. The monoisotopic (exact) mass is 232 g/mol. The van der Waals surface area contributed by atoms with Crippen molar-refractivity contribution < 1.29 is 0 Å². The van der Waals surface area contributed by atoms with Crippen molar-refractivity contribution in [3.05, 3.63) is 0 Å². The van der Waals surface area contributed by atoms with Crippen LogP contribution in [0.4, 0.5) is 0 Å².